The van der Waals surface area contributed by atoms with E-state index < -0.39 is 0 Å². The highest BCUT2D eigenvalue weighted by molar-refractivity contribution is 5.82. The molecule has 0 amide bonds. The van der Waals surface area contributed by atoms with Crippen molar-refractivity contribution in [1.82, 2.24) is 5.32 Å². The summed E-state index contributed by atoms with van der Waals surface area (Å²) in [7, 11) is 1.98. The molecule has 4 aromatic rings. The van der Waals surface area contributed by atoms with E-state index in [2.05, 4.69) is 31.3 Å². The first-order chi connectivity index (χ1) is 16.2. The number of benzene rings is 3. The van der Waals surface area contributed by atoms with Gasteiger partial charge >= 0.3 is 0 Å². The predicted molar refractivity (Wildman–Crippen MR) is 137 cm³/mol. The van der Waals surface area contributed by atoms with Crippen LogP contribution in [0.5, 0.6) is 5.75 Å². The molecule has 0 saturated heterocycles. The second-order valence-corrected chi connectivity index (χ2v) is 7.89. The summed E-state index contributed by atoms with van der Waals surface area (Å²) in [4.78, 5) is 12.8. The first kappa shape index (κ1) is 24.3. The molecule has 4 heteroatoms. The Hall–Kier alpha value is -3.37. The third-order valence-electron chi connectivity index (χ3n) is 5.43. The van der Waals surface area contributed by atoms with Crippen LogP contribution in [-0.2, 0) is 0 Å². The van der Waals surface area contributed by atoms with Crippen LogP contribution in [0.3, 0.4) is 0 Å². The molecule has 1 aromatic heterocycles. The number of fused-ring (bicyclic) bond motifs is 1. The van der Waals surface area contributed by atoms with Gasteiger partial charge in [-0.2, -0.15) is 0 Å². The third kappa shape index (κ3) is 6.56. The van der Waals surface area contributed by atoms with Gasteiger partial charge in [-0.15, -0.1) is 0 Å². The van der Waals surface area contributed by atoms with Crippen molar-refractivity contribution in [3.63, 3.8) is 0 Å². The van der Waals surface area contributed by atoms with E-state index in [4.69, 9.17) is 9.15 Å². The molecular formula is C29H33NO3. The van der Waals surface area contributed by atoms with Crippen LogP contribution in [0.2, 0.25) is 0 Å². The van der Waals surface area contributed by atoms with Crippen molar-refractivity contribution in [1.29, 1.82) is 0 Å². The molecule has 0 spiro atoms. The summed E-state index contributed by atoms with van der Waals surface area (Å²) >= 11 is 0. The van der Waals surface area contributed by atoms with Crippen LogP contribution in [0.1, 0.15) is 44.8 Å². The van der Waals surface area contributed by atoms with Gasteiger partial charge < -0.3 is 14.5 Å². The van der Waals surface area contributed by atoms with Crippen molar-refractivity contribution in [2.45, 2.75) is 39.2 Å². The molecule has 0 fully saturated rings. The van der Waals surface area contributed by atoms with E-state index in [1.165, 1.54) is 19.1 Å². The molecule has 0 aliphatic heterocycles. The Kier molecular flexibility index (Phi) is 9.28. The lowest BCUT2D eigenvalue weighted by atomic mass is 10.1. The lowest BCUT2D eigenvalue weighted by Crippen LogP contribution is -2.07. The topological polar surface area (TPSA) is 51.5 Å². The molecule has 1 heterocycles. The first-order valence-corrected chi connectivity index (χ1v) is 11.6. The maximum absolute atomic E-state index is 12.8. The Bertz CT molecular complexity index is 1170. The molecule has 1 N–H and O–H groups in total. The maximum Gasteiger partial charge on any atom is 0.200 e. The van der Waals surface area contributed by atoms with E-state index in [9.17, 15) is 4.79 Å². The van der Waals surface area contributed by atoms with E-state index in [1.807, 2.05) is 61.6 Å². The van der Waals surface area contributed by atoms with E-state index in [0.717, 1.165) is 24.1 Å². The average molecular weight is 444 g/mol. The Morgan fingerprint density at radius 1 is 0.939 bits per heavy atom. The first-order valence-electron chi connectivity index (χ1n) is 11.6. The van der Waals surface area contributed by atoms with Crippen molar-refractivity contribution in [2.24, 2.45) is 0 Å². The number of ether oxygens (including phenoxy) is 1. The molecule has 0 radical (unpaired) electrons. The van der Waals surface area contributed by atoms with E-state index >= 15 is 0 Å². The van der Waals surface area contributed by atoms with Gasteiger partial charge in [-0.05, 0) is 49.7 Å². The normalized spacial score (nSPS) is 11.5. The van der Waals surface area contributed by atoms with E-state index in [-0.39, 0.29) is 11.5 Å². The summed E-state index contributed by atoms with van der Waals surface area (Å²) in [5.41, 5.74) is 3.03. The number of unbranched alkanes of at least 4 members (excludes halogenated alkanes) is 1. The maximum atomic E-state index is 12.8. The predicted octanol–water partition coefficient (Wildman–Crippen LogP) is 7.00. The van der Waals surface area contributed by atoms with Gasteiger partial charge in [0.1, 0.15) is 23.7 Å². The summed E-state index contributed by atoms with van der Waals surface area (Å²) in [6, 6.07) is 25.1. The fourth-order valence-electron chi connectivity index (χ4n) is 3.57. The zero-order valence-electron chi connectivity index (χ0n) is 19.7. The largest absolute Gasteiger partial charge is 0.486 e. The molecule has 0 saturated carbocycles. The van der Waals surface area contributed by atoms with Gasteiger partial charge in [0.2, 0.25) is 0 Å². The standard InChI is InChI=1S/C24H20O3.C5H13N/c1-2-22(18-11-7-4-8-12-18)27-19-13-14-20-23(15-19)26-16-21(24(20)25)17-9-5-3-6-10-17;1-3-4-5-6-2/h3-16,22H,2H2,1H3;6H,3-5H2,1-2H3. The Morgan fingerprint density at radius 3 is 2.24 bits per heavy atom. The van der Waals surface area contributed by atoms with Crippen LogP contribution in [0.25, 0.3) is 22.1 Å². The molecular weight excluding hydrogens is 410 g/mol. The number of nitrogens with one attached hydrogen (secondary N) is 1. The molecule has 0 bridgehead atoms. The van der Waals surface area contributed by atoms with Crippen molar-refractivity contribution >= 4 is 11.0 Å². The zero-order chi connectivity index (χ0) is 23.5. The fraction of sp³-hybridized carbons (Fsp3) is 0.276. The average Bonchev–Trinajstić information content (AvgIpc) is 2.87. The van der Waals surface area contributed by atoms with Gasteiger partial charge in [-0.1, -0.05) is 80.9 Å². The van der Waals surface area contributed by atoms with Gasteiger partial charge in [0.05, 0.1) is 10.9 Å². The zero-order valence-corrected chi connectivity index (χ0v) is 19.7. The molecule has 4 rings (SSSR count). The molecule has 0 aliphatic rings. The van der Waals surface area contributed by atoms with Gasteiger partial charge in [-0.25, -0.2) is 0 Å². The molecule has 3 aromatic carbocycles. The lowest BCUT2D eigenvalue weighted by molar-refractivity contribution is 0.201. The molecule has 33 heavy (non-hydrogen) atoms. The molecule has 4 nitrogen and oxygen atoms in total. The van der Waals surface area contributed by atoms with Crippen LogP contribution < -0.4 is 15.5 Å². The molecule has 172 valence electrons. The summed E-state index contributed by atoms with van der Waals surface area (Å²) in [6.45, 7) is 5.44. The Balaban J connectivity index is 0.000000454. The van der Waals surface area contributed by atoms with Crippen molar-refractivity contribution in [2.75, 3.05) is 13.6 Å². The third-order valence-corrected chi connectivity index (χ3v) is 5.43. The minimum atomic E-state index is -0.0426. The van der Waals surface area contributed by atoms with Crippen LogP contribution in [-0.4, -0.2) is 13.6 Å². The molecule has 1 unspecified atom stereocenters. The van der Waals surface area contributed by atoms with Crippen molar-refractivity contribution in [3.05, 3.63) is 101 Å². The summed E-state index contributed by atoms with van der Waals surface area (Å²) in [5.74, 6) is 0.689. The highest BCUT2D eigenvalue weighted by Crippen LogP contribution is 2.28. The van der Waals surface area contributed by atoms with Crippen LogP contribution >= 0.6 is 0 Å². The van der Waals surface area contributed by atoms with E-state index in [0.29, 0.717) is 22.3 Å². The van der Waals surface area contributed by atoms with E-state index in [1.54, 1.807) is 12.1 Å². The van der Waals surface area contributed by atoms with Gasteiger partial charge in [0.15, 0.2) is 5.43 Å². The Morgan fingerprint density at radius 2 is 1.64 bits per heavy atom. The number of hydrogen-bond donors (Lipinski definition) is 1. The van der Waals surface area contributed by atoms with Gasteiger partial charge in [0, 0.05) is 6.07 Å². The smallest absolute Gasteiger partial charge is 0.200 e. The fourth-order valence-corrected chi connectivity index (χ4v) is 3.57. The SMILES string of the molecule is CCC(Oc1ccc2c(=O)c(-c3ccccc3)coc2c1)c1ccccc1.CCCCNC. The molecule has 1 atom stereocenters. The number of rotatable bonds is 8. The second-order valence-electron chi connectivity index (χ2n) is 7.89. The monoisotopic (exact) mass is 443 g/mol. The summed E-state index contributed by atoms with van der Waals surface area (Å²) in [5, 5.41) is 3.62. The summed E-state index contributed by atoms with van der Waals surface area (Å²) in [6.07, 6.45) is 4.92. The van der Waals surface area contributed by atoms with Gasteiger partial charge in [0.25, 0.3) is 0 Å². The number of hydrogen-bond acceptors (Lipinski definition) is 4. The lowest BCUT2D eigenvalue weighted by Gasteiger charge is -2.18. The quantitative estimate of drug-likeness (QED) is 0.298. The van der Waals surface area contributed by atoms with Crippen LogP contribution in [0.15, 0.2) is 94.3 Å². The highest BCUT2D eigenvalue weighted by atomic mass is 16.5. The van der Waals surface area contributed by atoms with Crippen molar-refractivity contribution in [3.8, 4) is 16.9 Å². The van der Waals surface area contributed by atoms with Crippen molar-refractivity contribution < 1.29 is 9.15 Å². The van der Waals surface area contributed by atoms with Crippen LogP contribution in [0.4, 0.5) is 0 Å². The van der Waals surface area contributed by atoms with Gasteiger partial charge in [-0.3, -0.25) is 4.79 Å². The minimum Gasteiger partial charge on any atom is -0.486 e. The summed E-state index contributed by atoms with van der Waals surface area (Å²) < 4.78 is 11.9. The molecule has 0 aliphatic carbocycles. The second kappa shape index (κ2) is 12.6. The minimum absolute atomic E-state index is 0.0379. The Labute approximate surface area is 196 Å². The highest BCUT2D eigenvalue weighted by Gasteiger charge is 2.13. The van der Waals surface area contributed by atoms with Crippen LogP contribution in [0, 0.1) is 0 Å².